The summed E-state index contributed by atoms with van der Waals surface area (Å²) in [6.07, 6.45) is 9.52. The first kappa shape index (κ1) is 15.3. The van der Waals surface area contributed by atoms with E-state index in [4.69, 9.17) is 5.73 Å². The van der Waals surface area contributed by atoms with Gasteiger partial charge in [-0.1, -0.05) is 20.3 Å². The number of nitrogens with zero attached hydrogens (tertiary/aromatic N) is 1. The second-order valence-electron chi connectivity index (χ2n) is 8.14. The maximum Gasteiger partial charge on any atom is 0.0334 e. The number of hydrogen-bond acceptors (Lipinski definition) is 2. The van der Waals surface area contributed by atoms with E-state index in [1.807, 2.05) is 0 Å². The molecule has 2 saturated carbocycles. The first-order valence-electron chi connectivity index (χ1n) is 8.35. The molecule has 1 unspecified atom stereocenters. The Balaban J connectivity index is 2.13. The maximum atomic E-state index is 6.29. The zero-order chi connectivity index (χ0) is 14.1. The molecule has 0 spiro atoms. The first-order chi connectivity index (χ1) is 8.88. The highest BCUT2D eigenvalue weighted by Crippen LogP contribution is 2.42. The van der Waals surface area contributed by atoms with Crippen LogP contribution in [0.25, 0.3) is 0 Å². The van der Waals surface area contributed by atoms with Gasteiger partial charge in [0.2, 0.25) is 0 Å². The van der Waals surface area contributed by atoms with Gasteiger partial charge in [0.15, 0.2) is 0 Å². The minimum Gasteiger partial charge on any atom is -0.329 e. The summed E-state index contributed by atoms with van der Waals surface area (Å²) >= 11 is 0. The molecule has 0 aromatic carbocycles. The van der Waals surface area contributed by atoms with E-state index in [1.165, 1.54) is 51.5 Å². The van der Waals surface area contributed by atoms with Gasteiger partial charge in [0, 0.05) is 24.7 Å². The molecule has 0 amide bonds. The van der Waals surface area contributed by atoms with Crippen molar-refractivity contribution in [2.45, 2.75) is 84.2 Å². The number of nitrogens with two attached hydrogens (primary N) is 1. The monoisotopic (exact) mass is 266 g/mol. The van der Waals surface area contributed by atoms with Crippen LogP contribution in [0, 0.1) is 11.3 Å². The Morgan fingerprint density at radius 2 is 1.79 bits per heavy atom. The van der Waals surface area contributed by atoms with E-state index in [2.05, 4.69) is 32.6 Å². The predicted molar refractivity (Wildman–Crippen MR) is 83.2 cm³/mol. The van der Waals surface area contributed by atoms with Crippen molar-refractivity contribution in [1.29, 1.82) is 0 Å². The van der Waals surface area contributed by atoms with E-state index in [0.29, 0.717) is 11.5 Å². The molecular formula is C17H34N2. The minimum atomic E-state index is 0.282. The summed E-state index contributed by atoms with van der Waals surface area (Å²) in [5, 5.41) is 0. The quantitative estimate of drug-likeness (QED) is 0.767. The van der Waals surface area contributed by atoms with Crippen LogP contribution in [0.15, 0.2) is 0 Å². The molecule has 2 heteroatoms. The molecule has 0 radical (unpaired) electrons. The van der Waals surface area contributed by atoms with E-state index in [-0.39, 0.29) is 5.54 Å². The number of rotatable bonds is 5. The Kier molecular flexibility index (Phi) is 4.62. The summed E-state index contributed by atoms with van der Waals surface area (Å²) in [5.41, 5.74) is 7.08. The van der Waals surface area contributed by atoms with Gasteiger partial charge in [0.05, 0.1) is 0 Å². The van der Waals surface area contributed by atoms with Crippen molar-refractivity contribution in [1.82, 2.24) is 4.90 Å². The smallest absolute Gasteiger partial charge is 0.0334 e. The minimum absolute atomic E-state index is 0.282. The molecule has 2 N–H and O–H groups in total. The van der Waals surface area contributed by atoms with E-state index in [1.54, 1.807) is 0 Å². The Hall–Kier alpha value is -0.0800. The normalized spacial score (nSPS) is 31.7. The van der Waals surface area contributed by atoms with Gasteiger partial charge >= 0.3 is 0 Å². The molecule has 2 fully saturated rings. The SMILES string of the molecule is CC(C)N(CC1CC1)C1(CN)CCCC(C)(C)CC1. The highest BCUT2D eigenvalue weighted by Gasteiger charge is 2.42. The van der Waals surface area contributed by atoms with Crippen LogP contribution in [0.3, 0.4) is 0 Å². The molecule has 2 rings (SSSR count). The largest absolute Gasteiger partial charge is 0.329 e. The van der Waals surface area contributed by atoms with Crippen molar-refractivity contribution >= 4 is 0 Å². The molecular weight excluding hydrogens is 232 g/mol. The summed E-state index contributed by atoms with van der Waals surface area (Å²) in [5.74, 6) is 0.960. The standard InChI is InChI=1S/C17H34N2/c1-14(2)19(12-15-6-7-15)17(13-18)9-5-8-16(3,4)10-11-17/h14-15H,5-13,18H2,1-4H3. The lowest BCUT2D eigenvalue weighted by Gasteiger charge is -2.46. The van der Waals surface area contributed by atoms with Crippen LogP contribution in [0.4, 0.5) is 0 Å². The predicted octanol–water partition coefficient (Wildman–Crippen LogP) is 3.79. The molecule has 0 aromatic rings. The summed E-state index contributed by atoms with van der Waals surface area (Å²) in [6.45, 7) is 11.7. The van der Waals surface area contributed by atoms with Crippen LogP contribution < -0.4 is 5.73 Å². The van der Waals surface area contributed by atoms with Gasteiger partial charge in [-0.15, -0.1) is 0 Å². The fraction of sp³-hybridized carbons (Fsp3) is 1.00. The number of hydrogen-bond donors (Lipinski definition) is 1. The lowest BCUT2D eigenvalue weighted by Crippen LogP contribution is -2.57. The van der Waals surface area contributed by atoms with Crippen LogP contribution >= 0.6 is 0 Å². The maximum absolute atomic E-state index is 6.29. The zero-order valence-corrected chi connectivity index (χ0v) is 13.5. The van der Waals surface area contributed by atoms with E-state index >= 15 is 0 Å². The molecule has 0 aromatic heterocycles. The van der Waals surface area contributed by atoms with Crippen LogP contribution in [0.1, 0.15) is 72.6 Å². The Morgan fingerprint density at radius 1 is 1.11 bits per heavy atom. The van der Waals surface area contributed by atoms with E-state index in [9.17, 15) is 0 Å². The van der Waals surface area contributed by atoms with Gasteiger partial charge in [-0.05, 0) is 63.7 Å². The topological polar surface area (TPSA) is 29.3 Å². The Labute approximate surface area is 120 Å². The van der Waals surface area contributed by atoms with Crippen molar-refractivity contribution in [3.63, 3.8) is 0 Å². The van der Waals surface area contributed by atoms with Gasteiger partial charge in [-0.3, -0.25) is 4.90 Å². The van der Waals surface area contributed by atoms with Gasteiger partial charge in [0.25, 0.3) is 0 Å². The Morgan fingerprint density at radius 3 is 2.32 bits per heavy atom. The fourth-order valence-electron chi connectivity index (χ4n) is 3.86. The van der Waals surface area contributed by atoms with Gasteiger partial charge in [0.1, 0.15) is 0 Å². The van der Waals surface area contributed by atoms with Crippen LogP contribution in [-0.2, 0) is 0 Å². The molecule has 2 aliphatic rings. The first-order valence-corrected chi connectivity index (χ1v) is 8.35. The lowest BCUT2D eigenvalue weighted by molar-refractivity contribution is 0.0409. The van der Waals surface area contributed by atoms with Gasteiger partial charge in [-0.25, -0.2) is 0 Å². The van der Waals surface area contributed by atoms with E-state index in [0.717, 1.165) is 12.5 Å². The van der Waals surface area contributed by atoms with Crippen LogP contribution in [0.5, 0.6) is 0 Å². The molecule has 19 heavy (non-hydrogen) atoms. The highest BCUT2D eigenvalue weighted by atomic mass is 15.2. The molecule has 0 saturated heterocycles. The zero-order valence-electron chi connectivity index (χ0n) is 13.5. The highest BCUT2D eigenvalue weighted by molar-refractivity contribution is 4.98. The third kappa shape index (κ3) is 3.72. The molecule has 0 aliphatic heterocycles. The average Bonchev–Trinajstić information content (AvgIpc) is 3.14. The van der Waals surface area contributed by atoms with Gasteiger partial charge in [-0.2, -0.15) is 0 Å². The molecule has 2 nitrogen and oxygen atoms in total. The third-order valence-corrected chi connectivity index (χ3v) is 5.53. The van der Waals surface area contributed by atoms with E-state index < -0.39 is 0 Å². The van der Waals surface area contributed by atoms with Crippen LogP contribution in [-0.4, -0.2) is 29.6 Å². The van der Waals surface area contributed by atoms with Gasteiger partial charge < -0.3 is 5.73 Å². The van der Waals surface area contributed by atoms with Crippen molar-refractivity contribution < 1.29 is 0 Å². The molecule has 0 heterocycles. The molecule has 2 aliphatic carbocycles. The summed E-state index contributed by atoms with van der Waals surface area (Å²) in [7, 11) is 0. The third-order valence-electron chi connectivity index (χ3n) is 5.53. The van der Waals surface area contributed by atoms with Crippen molar-refractivity contribution in [3.05, 3.63) is 0 Å². The summed E-state index contributed by atoms with van der Waals surface area (Å²) < 4.78 is 0. The van der Waals surface area contributed by atoms with Crippen molar-refractivity contribution in [3.8, 4) is 0 Å². The molecule has 112 valence electrons. The van der Waals surface area contributed by atoms with Crippen molar-refractivity contribution in [2.75, 3.05) is 13.1 Å². The second kappa shape index (κ2) is 5.73. The van der Waals surface area contributed by atoms with Crippen LogP contribution in [0.2, 0.25) is 0 Å². The average molecular weight is 266 g/mol. The van der Waals surface area contributed by atoms with Crippen molar-refractivity contribution in [2.24, 2.45) is 17.1 Å². The Bertz CT molecular complexity index is 294. The lowest BCUT2D eigenvalue weighted by atomic mass is 9.82. The molecule has 1 atom stereocenters. The second-order valence-corrected chi connectivity index (χ2v) is 8.14. The fourth-order valence-corrected chi connectivity index (χ4v) is 3.86. The summed E-state index contributed by atoms with van der Waals surface area (Å²) in [4.78, 5) is 2.77. The molecule has 0 bridgehead atoms. The summed E-state index contributed by atoms with van der Waals surface area (Å²) in [6, 6.07) is 0.630.